The van der Waals surface area contributed by atoms with Crippen LogP contribution in [0.1, 0.15) is 16.8 Å². The van der Waals surface area contributed by atoms with Crippen molar-refractivity contribution in [2.45, 2.75) is 18.5 Å². The second-order valence-electron chi connectivity index (χ2n) is 11.2. The summed E-state index contributed by atoms with van der Waals surface area (Å²) >= 11 is 12.9. The van der Waals surface area contributed by atoms with Crippen molar-refractivity contribution < 1.29 is 24.2 Å². The molecule has 0 saturated carbocycles. The molecule has 0 unspecified atom stereocenters. The lowest BCUT2D eigenvalue weighted by Gasteiger charge is -2.43. The fourth-order valence-electron chi connectivity index (χ4n) is 5.63. The number of rotatable bonds is 9. The number of pyridine rings is 3. The SMILES string of the molecule is COc1ccc(Cl)c(OC[C@H]2CC(=O)CN2c2ccc3c(=O)c(C(=O)O)c(Cl)n(-c4ccc(N5CC(N(C)C)C5)nc4)c3c2)n1. The van der Waals surface area contributed by atoms with Crippen LogP contribution in [-0.4, -0.2) is 95.8 Å². The van der Waals surface area contributed by atoms with E-state index in [4.69, 9.17) is 32.7 Å². The predicted molar refractivity (Wildman–Crippen MR) is 171 cm³/mol. The Balaban J connectivity index is 1.37. The van der Waals surface area contributed by atoms with Crippen LogP contribution in [0.3, 0.4) is 0 Å². The van der Waals surface area contributed by atoms with Crippen LogP contribution < -0.4 is 24.7 Å². The molecule has 2 saturated heterocycles. The Morgan fingerprint density at radius 2 is 1.84 bits per heavy atom. The van der Waals surface area contributed by atoms with E-state index in [0.29, 0.717) is 33.8 Å². The van der Waals surface area contributed by atoms with Gasteiger partial charge in [0.1, 0.15) is 28.2 Å². The number of carbonyl (C=O) groups is 2. The van der Waals surface area contributed by atoms with Gasteiger partial charge in [-0.15, -0.1) is 0 Å². The van der Waals surface area contributed by atoms with Crippen LogP contribution >= 0.6 is 23.2 Å². The third kappa shape index (κ3) is 5.76. The molecule has 0 bridgehead atoms. The minimum Gasteiger partial charge on any atom is -0.481 e. The highest BCUT2D eigenvalue weighted by molar-refractivity contribution is 6.33. The van der Waals surface area contributed by atoms with Gasteiger partial charge in [0.05, 0.1) is 37.1 Å². The summed E-state index contributed by atoms with van der Waals surface area (Å²) in [5, 5.41) is 10.1. The quantitative estimate of drug-likeness (QED) is 0.265. The first-order chi connectivity index (χ1) is 21.5. The van der Waals surface area contributed by atoms with E-state index in [1.165, 1.54) is 11.7 Å². The maximum Gasteiger partial charge on any atom is 0.342 e. The highest BCUT2D eigenvalue weighted by atomic mass is 35.5. The standard InChI is InChI=1S/C31H30Cl2N6O6/c1-36(2)20-13-37(14-20)25-8-5-18(12-34-25)39-24-11-17(4-6-22(24)28(41)27(29(39)33)31(42)43)38-15-21(40)10-19(38)16-45-30-23(32)7-9-26(35-30)44-3/h4-9,11-12,19-20H,10,13-16H2,1-3H3,(H,42,43)/t19-/m1/s1. The summed E-state index contributed by atoms with van der Waals surface area (Å²) in [6, 6.07) is 11.9. The first kappa shape index (κ1) is 30.6. The summed E-state index contributed by atoms with van der Waals surface area (Å²) in [6.45, 7) is 1.90. The number of carboxylic acid groups (broad SMARTS) is 1. The zero-order valence-electron chi connectivity index (χ0n) is 24.7. The molecule has 3 aromatic heterocycles. The lowest BCUT2D eigenvalue weighted by molar-refractivity contribution is -0.116. The number of carbonyl (C=O) groups excluding carboxylic acids is 1. The number of hydrogen-bond acceptors (Lipinski definition) is 10. The van der Waals surface area contributed by atoms with Crippen molar-refractivity contribution in [1.82, 2.24) is 19.4 Å². The molecule has 0 aliphatic carbocycles. The van der Waals surface area contributed by atoms with Gasteiger partial charge < -0.3 is 29.3 Å². The third-order valence-electron chi connectivity index (χ3n) is 8.21. The first-order valence-corrected chi connectivity index (χ1v) is 14.9. The van der Waals surface area contributed by atoms with E-state index in [2.05, 4.69) is 19.8 Å². The molecule has 1 atom stereocenters. The number of likely N-dealkylation sites (N-methyl/N-ethyl adjacent to an activating group) is 1. The van der Waals surface area contributed by atoms with E-state index in [1.807, 2.05) is 25.1 Å². The van der Waals surface area contributed by atoms with Crippen LogP contribution in [0.15, 0.2) is 53.5 Å². The maximum absolute atomic E-state index is 13.3. The number of ether oxygens (including phenoxy) is 2. The molecule has 0 radical (unpaired) electrons. The summed E-state index contributed by atoms with van der Waals surface area (Å²) in [4.78, 5) is 53.2. The lowest BCUT2D eigenvalue weighted by atomic mass is 10.1. The molecule has 45 heavy (non-hydrogen) atoms. The van der Waals surface area contributed by atoms with Gasteiger partial charge in [-0.05, 0) is 50.5 Å². The van der Waals surface area contributed by atoms with Gasteiger partial charge >= 0.3 is 5.97 Å². The predicted octanol–water partition coefficient (Wildman–Crippen LogP) is 3.77. The highest BCUT2D eigenvalue weighted by Gasteiger charge is 2.33. The van der Waals surface area contributed by atoms with Gasteiger partial charge in [-0.3, -0.25) is 14.2 Å². The molecule has 6 rings (SSSR count). The molecule has 12 nitrogen and oxygen atoms in total. The highest BCUT2D eigenvalue weighted by Crippen LogP contribution is 2.33. The summed E-state index contributed by atoms with van der Waals surface area (Å²) in [5.74, 6) is -0.128. The Morgan fingerprint density at radius 3 is 2.51 bits per heavy atom. The van der Waals surface area contributed by atoms with Gasteiger partial charge in [-0.2, -0.15) is 4.98 Å². The number of ketones is 1. The van der Waals surface area contributed by atoms with Crippen molar-refractivity contribution in [3.63, 3.8) is 0 Å². The van der Waals surface area contributed by atoms with E-state index in [0.717, 1.165) is 18.9 Å². The van der Waals surface area contributed by atoms with Gasteiger partial charge in [0.15, 0.2) is 5.78 Å². The minimum absolute atomic E-state index is 0.00679. The van der Waals surface area contributed by atoms with Gasteiger partial charge in [0.2, 0.25) is 17.2 Å². The second kappa shape index (κ2) is 12.2. The number of aromatic nitrogens is 3. The second-order valence-corrected chi connectivity index (χ2v) is 12.0. The zero-order valence-corrected chi connectivity index (χ0v) is 26.2. The fourth-order valence-corrected chi connectivity index (χ4v) is 6.15. The van der Waals surface area contributed by atoms with Gasteiger partial charge in [-0.25, -0.2) is 9.78 Å². The van der Waals surface area contributed by atoms with Crippen LogP contribution in [-0.2, 0) is 4.79 Å². The van der Waals surface area contributed by atoms with Crippen LogP contribution in [0.5, 0.6) is 11.8 Å². The van der Waals surface area contributed by atoms with Crippen molar-refractivity contribution in [2.75, 3.05) is 57.2 Å². The van der Waals surface area contributed by atoms with Crippen molar-refractivity contribution >= 4 is 57.4 Å². The topological polar surface area (TPSA) is 130 Å². The first-order valence-electron chi connectivity index (χ1n) is 14.2. The number of hydrogen-bond donors (Lipinski definition) is 1. The molecular weight excluding hydrogens is 623 g/mol. The normalized spacial score (nSPS) is 16.8. The smallest absolute Gasteiger partial charge is 0.342 e. The zero-order chi connectivity index (χ0) is 32.0. The van der Waals surface area contributed by atoms with Crippen LogP contribution in [0.2, 0.25) is 10.2 Å². The average molecular weight is 654 g/mol. The number of halogens is 2. The number of benzene rings is 1. The van der Waals surface area contributed by atoms with Crippen molar-refractivity contribution in [2.24, 2.45) is 0 Å². The summed E-state index contributed by atoms with van der Waals surface area (Å²) in [5.41, 5.74) is 0.229. The largest absolute Gasteiger partial charge is 0.481 e. The molecule has 2 aliphatic heterocycles. The van der Waals surface area contributed by atoms with E-state index >= 15 is 0 Å². The Hall–Kier alpha value is -4.39. The number of nitrogens with zero attached hydrogens (tertiary/aromatic N) is 6. The van der Waals surface area contributed by atoms with Gasteiger partial charge in [0.25, 0.3) is 0 Å². The summed E-state index contributed by atoms with van der Waals surface area (Å²) in [6.07, 6.45) is 1.83. The fraction of sp³-hybridized carbons (Fsp3) is 0.323. The molecule has 1 N–H and O–H groups in total. The van der Waals surface area contributed by atoms with Crippen LogP contribution in [0.25, 0.3) is 16.6 Å². The molecule has 14 heteroatoms. The Bertz CT molecular complexity index is 1860. The molecule has 2 fully saturated rings. The van der Waals surface area contributed by atoms with Crippen LogP contribution in [0.4, 0.5) is 11.5 Å². The van der Waals surface area contributed by atoms with E-state index in [9.17, 15) is 19.5 Å². The van der Waals surface area contributed by atoms with Crippen molar-refractivity contribution in [1.29, 1.82) is 0 Å². The maximum atomic E-state index is 13.3. The number of fused-ring (bicyclic) bond motifs is 1. The lowest BCUT2D eigenvalue weighted by Crippen LogP contribution is -2.57. The third-order valence-corrected chi connectivity index (χ3v) is 8.86. The number of anilines is 2. The van der Waals surface area contributed by atoms with Crippen LogP contribution in [0, 0.1) is 0 Å². The monoisotopic (exact) mass is 652 g/mol. The summed E-state index contributed by atoms with van der Waals surface area (Å²) in [7, 11) is 5.56. The van der Waals surface area contributed by atoms with E-state index in [-0.39, 0.29) is 47.8 Å². The van der Waals surface area contributed by atoms with Gasteiger partial charge in [0, 0.05) is 42.7 Å². The molecule has 1 aromatic carbocycles. The Morgan fingerprint density at radius 1 is 1.09 bits per heavy atom. The molecule has 5 heterocycles. The molecule has 2 aliphatic rings. The minimum atomic E-state index is -1.43. The molecule has 0 spiro atoms. The summed E-state index contributed by atoms with van der Waals surface area (Å²) < 4.78 is 12.6. The molecule has 4 aromatic rings. The number of carboxylic acids is 1. The molecule has 234 valence electrons. The number of Topliss-reactive ketones (excluding diaryl/α,β-unsaturated/α-hetero) is 1. The van der Waals surface area contributed by atoms with Crippen molar-refractivity contribution in [3.05, 3.63) is 74.6 Å². The van der Waals surface area contributed by atoms with E-state index < -0.39 is 17.0 Å². The number of aromatic carboxylic acids is 1. The van der Waals surface area contributed by atoms with Crippen molar-refractivity contribution in [3.8, 4) is 17.4 Å². The molecular formula is C31H30Cl2N6O6. The number of methoxy groups -OCH3 is 1. The molecule has 0 amide bonds. The Labute approximate surface area is 268 Å². The van der Waals surface area contributed by atoms with Gasteiger partial charge in [-0.1, -0.05) is 23.2 Å². The average Bonchev–Trinajstić information content (AvgIpc) is 3.36. The van der Waals surface area contributed by atoms with E-state index in [1.54, 1.807) is 42.6 Å². The Kier molecular flexibility index (Phi) is 8.29.